The quantitative estimate of drug-likeness (QED) is 0.775. The van der Waals surface area contributed by atoms with Gasteiger partial charge in [-0.25, -0.2) is 4.21 Å². The molecule has 0 aliphatic carbocycles. The fourth-order valence-electron chi connectivity index (χ4n) is 0.704. The van der Waals surface area contributed by atoms with Crippen molar-refractivity contribution in [2.24, 2.45) is 0 Å². The lowest BCUT2D eigenvalue weighted by Gasteiger charge is -2.11. The van der Waals surface area contributed by atoms with Crippen LogP contribution in [0.4, 0.5) is 0 Å². The summed E-state index contributed by atoms with van der Waals surface area (Å²) in [5.74, 6) is 0. The molecule has 0 fully saturated rings. The molecule has 0 saturated heterocycles. The van der Waals surface area contributed by atoms with Crippen molar-refractivity contribution in [3.8, 4) is 0 Å². The minimum Gasteiger partial charge on any atom is -0.290 e. The van der Waals surface area contributed by atoms with Gasteiger partial charge in [0.1, 0.15) is 0 Å². The summed E-state index contributed by atoms with van der Waals surface area (Å²) in [6, 6.07) is 1.73. The number of halogens is 1. The zero-order valence-corrected chi connectivity index (χ0v) is 9.63. The maximum Gasteiger partial charge on any atom is 0.152 e. The van der Waals surface area contributed by atoms with Gasteiger partial charge in [0, 0.05) is 23.9 Å². The van der Waals surface area contributed by atoms with E-state index in [4.69, 9.17) is 4.84 Å². The molecule has 6 heteroatoms. The molecule has 1 heterocycles. The second-order valence-electron chi connectivity index (χ2n) is 2.21. The van der Waals surface area contributed by atoms with Gasteiger partial charge in [0.2, 0.25) is 0 Å². The van der Waals surface area contributed by atoms with E-state index in [1.165, 1.54) is 17.8 Å². The van der Waals surface area contributed by atoms with E-state index in [1.54, 1.807) is 19.3 Å². The maximum atomic E-state index is 11.6. The summed E-state index contributed by atoms with van der Waals surface area (Å²) in [5.41, 5.74) is 0. The molecule has 0 aromatic carbocycles. The lowest BCUT2D eigenvalue weighted by molar-refractivity contribution is -0.0205. The van der Waals surface area contributed by atoms with Crippen molar-refractivity contribution >= 4 is 26.9 Å². The van der Waals surface area contributed by atoms with Crippen LogP contribution in [-0.4, -0.2) is 27.8 Å². The molecule has 0 amide bonds. The van der Waals surface area contributed by atoms with Crippen LogP contribution in [0.5, 0.6) is 0 Å². The first-order valence-electron chi connectivity index (χ1n) is 3.45. The van der Waals surface area contributed by atoms with Crippen molar-refractivity contribution in [2.75, 3.05) is 14.2 Å². The highest BCUT2D eigenvalue weighted by Crippen LogP contribution is 2.14. The van der Waals surface area contributed by atoms with Gasteiger partial charge in [0.05, 0.1) is 12.0 Å². The minimum absolute atomic E-state index is 0.596. The van der Waals surface area contributed by atoms with Gasteiger partial charge in [-0.1, -0.05) is 0 Å². The van der Waals surface area contributed by atoms with Gasteiger partial charge in [0.15, 0.2) is 11.0 Å². The molecule has 1 aromatic rings. The van der Waals surface area contributed by atoms with Crippen molar-refractivity contribution in [1.29, 1.82) is 0 Å². The molecular weight excluding hydrogens is 256 g/mol. The molecule has 1 rings (SSSR count). The maximum absolute atomic E-state index is 11.6. The number of hydroxylamine groups is 1. The molecular formula is C7H9BrN2O2S. The van der Waals surface area contributed by atoms with Crippen LogP contribution >= 0.6 is 15.9 Å². The summed E-state index contributed by atoms with van der Waals surface area (Å²) in [5, 5.41) is 0. The highest BCUT2D eigenvalue weighted by molar-refractivity contribution is 9.10. The molecule has 13 heavy (non-hydrogen) atoms. The summed E-state index contributed by atoms with van der Waals surface area (Å²) in [6.45, 7) is 0. The van der Waals surface area contributed by atoms with Crippen LogP contribution in [0.1, 0.15) is 0 Å². The Labute approximate surface area is 87.6 Å². The van der Waals surface area contributed by atoms with Gasteiger partial charge in [-0.05, 0) is 22.0 Å². The third kappa shape index (κ3) is 2.84. The molecule has 0 N–H and O–H groups in total. The molecule has 0 bridgehead atoms. The molecule has 1 unspecified atom stereocenters. The van der Waals surface area contributed by atoms with E-state index in [-0.39, 0.29) is 0 Å². The van der Waals surface area contributed by atoms with Crippen LogP contribution in [0, 0.1) is 0 Å². The Bertz CT molecular complexity index is 321. The Hall–Kier alpha value is -0.300. The second-order valence-corrected chi connectivity index (χ2v) is 4.61. The van der Waals surface area contributed by atoms with Crippen molar-refractivity contribution in [2.45, 2.75) is 4.90 Å². The molecule has 0 radical (unpaired) electrons. The summed E-state index contributed by atoms with van der Waals surface area (Å²) >= 11 is 3.25. The topological polar surface area (TPSA) is 42.4 Å². The van der Waals surface area contributed by atoms with Gasteiger partial charge in [-0.3, -0.25) is 9.82 Å². The Morgan fingerprint density at radius 3 is 2.85 bits per heavy atom. The van der Waals surface area contributed by atoms with Crippen molar-refractivity contribution < 1.29 is 9.05 Å². The zero-order chi connectivity index (χ0) is 9.84. The normalized spacial score (nSPS) is 13.2. The van der Waals surface area contributed by atoms with Crippen LogP contribution in [-0.2, 0) is 15.8 Å². The number of hydrogen-bond acceptors (Lipinski definition) is 3. The van der Waals surface area contributed by atoms with Crippen LogP contribution < -0.4 is 0 Å². The Morgan fingerprint density at radius 2 is 2.31 bits per heavy atom. The third-order valence-corrected chi connectivity index (χ3v) is 3.05. The molecule has 0 spiro atoms. The van der Waals surface area contributed by atoms with Gasteiger partial charge >= 0.3 is 0 Å². The van der Waals surface area contributed by atoms with Crippen molar-refractivity contribution in [1.82, 2.24) is 9.45 Å². The summed E-state index contributed by atoms with van der Waals surface area (Å²) < 4.78 is 13.6. The average molecular weight is 265 g/mol. The zero-order valence-electron chi connectivity index (χ0n) is 7.23. The van der Waals surface area contributed by atoms with Gasteiger partial charge in [-0.2, -0.15) is 0 Å². The van der Waals surface area contributed by atoms with E-state index in [1.807, 2.05) is 0 Å². The number of rotatable bonds is 3. The molecule has 0 saturated carbocycles. The summed E-state index contributed by atoms with van der Waals surface area (Å²) in [7, 11) is 1.74. The van der Waals surface area contributed by atoms with Gasteiger partial charge in [-0.15, -0.1) is 4.47 Å². The second kappa shape index (κ2) is 4.80. The summed E-state index contributed by atoms with van der Waals surface area (Å²) in [6.07, 6.45) is 3.17. The molecule has 72 valence electrons. The van der Waals surface area contributed by atoms with Crippen molar-refractivity contribution in [3.63, 3.8) is 0 Å². The van der Waals surface area contributed by atoms with Crippen LogP contribution in [0.25, 0.3) is 0 Å². The van der Waals surface area contributed by atoms with Gasteiger partial charge < -0.3 is 0 Å². The fourth-order valence-corrected chi connectivity index (χ4v) is 2.03. The molecule has 4 nitrogen and oxygen atoms in total. The van der Waals surface area contributed by atoms with Crippen LogP contribution in [0.15, 0.2) is 27.8 Å². The van der Waals surface area contributed by atoms with Crippen LogP contribution in [0.3, 0.4) is 0 Å². The Kier molecular flexibility index (Phi) is 3.98. The monoisotopic (exact) mass is 264 g/mol. The van der Waals surface area contributed by atoms with E-state index < -0.39 is 11.0 Å². The smallest absolute Gasteiger partial charge is 0.152 e. The largest absolute Gasteiger partial charge is 0.290 e. The first-order chi connectivity index (χ1) is 6.15. The van der Waals surface area contributed by atoms with E-state index in [0.717, 1.165) is 4.47 Å². The van der Waals surface area contributed by atoms with Crippen molar-refractivity contribution in [3.05, 3.63) is 22.9 Å². The average Bonchev–Trinajstić information content (AvgIpc) is 2.15. The number of pyridine rings is 1. The molecule has 1 aromatic heterocycles. The van der Waals surface area contributed by atoms with E-state index in [2.05, 4.69) is 20.9 Å². The standard InChI is InChI=1S/C7H9BrN2O2S/c1-10(12-2)13(11)7-3-6(8)4-9-5-7/h3-5H,1-2H3. The minimum atomic E-state index is -1.32. The first-order valence-corrected chi connectivity index (χ1v) is 5.35. The van der Waals surface area contributed by atoms with E-state index in [9.17, 15) is 4.21 Å². The predicted octanol–water partition coefficient (Wildman–Crippen LogP) is 1.36. The summed E-state index contributed by atoms with van der Waals surface area (Å²) in [4.78, 5) is 9.29. The van der Waals surface area contributed by atoms with Gasteiger partial charge in [0.25, 0.3) is 0 Å². The fraction of sp³-hybridized carbons (Fsp3) is 0.286. The number of hydrogen-bond donors (Lipinski definition) is 0. The van der Waals surface area contributed by atoms with E-state index in [0.29, 0.717) is 4.90 Å². The lowest BCUT2D eigenvalue weighted by atomic mass is 10.5. The number of nitrogens with zero attached hydrogens (tertiary/aromatic N) is 2. The molecule has 0 aliphatic heterocycles. The highest BCUT2D eigenvalue weighted by atomic mass is 79.9. The Balaban J connectivity index is 2.89. The van der Waals surface area contributed by atoms with Crippen LogP contribution in [0.2, 0.25) is 0 Å². The lowest BCUT2D eigenvalue weighted by Crippen LogP contribution is -2.19. The molecule has 0 aliphatic rings. The Morgan fingerprint density at radius 1 is 1.62 bits per heavy atom. The molecule has 1 atom stereocenters. The van der Waals surface area contributed by atoms with E-state index >= 15 is 0 Å². The SMILES string of the molecule is CON(C)S(=O)c1cncc(Br)c1. The third-order valence-electron chi connectivity index (χ3n) is 1.37. The highest BCUT2D eigenvalue weighted by Gasteiger charge is 2.10. The number of aromatic nitrogens is 1. The first kappa shape index (κ1) is 10.8. The predicted molar refractivity (Wildman–Crippen MR) is 53.1 cm³/mol.